The number of hydrogen-bond acceptors (Lipinski definition) is 5. The van der Waals surface area contributed by atoms with E-state index in [2.05, 4.69) is 20.0 Å². The molecule has 0 saturated carbocycles. The molecule has 0 spiro atoms. The summed E-state index contributed by atoms with van der Waals surface area (Å²) in [6.45, 7) is -0.151. The van der Waals surface area contributed by atoms with Crippen LogP contribution in [0.4, 0.5) is 8.78 Å². The van der Waals surface area contributed by atoms with Crippen molar-refractivity contribution in [1.29, 1.82) is 0 Å². The molecular weight excluding hydrogens is 340 g/mol. The molecule has 7 nitrogen and oxygen atoms in total. The van der Waals surface area contributed by atoms with Gasteiger partial charge in [0.15, 0.2) is 11.6 Å². The molecule has 0 saturated heterocycles. The molecule has 1 N–H and O–H groups in total. The lowest BCUT2D eigenvalue weighted by Crippen LogP contribution is -2.23. The summed E-state index contributed by atoms with van der Waals surface area (Å²) in [4.78, 5) is 3.57. The summed E-state index contributed by atoms with van der Waals surface area (Å²) in [5.74, 6) is -2.35. The Balaban J connectivity index is 1.73. The van der Waals surface area contributed by atoms with Gasteiger partial charge in [-0.25, -0.2) is 26.6 Å². The van der Waals surface area contributed by atoms with Gasteiger partial charge < -0.3 is 0 Å². The number of nitrogens with one attached hydrogen (secondary N) is 1. The SMILES string of the molecule is O=S(=O)(NCc1cn(-c2cccnc2)nn1)c1ccc(F)c(F)c1. The van der Waals surface area contributed by atoms with Crippen molar-refractivity contribution in [2.75, 3.05) is 0 Å². The standard InChI is InChI=1S/C14H11F2N5O2S/c15-13-4-3-12(6-14(13)16)24(22,23)18-7-10-9-21(20-19-10)11-2-1-5-17-8-11/h1-6,8-9,18H,7H2. The summed E-state index contributed by atoms with van der Waals surface area (Å²) in [6.07, 6.45) is 4.71. The first-order chi connectivity index (χ1) is 11.5. The number of sulfonamides is 1. The van der Waals surface area contributed by atoms with Crippen molar-refractivity contribution >= 4 is 10.0 Å². The molecule has 124 valence electrons. The highest BCUT2D eigenvalue weighted by atomic mass is 32.2. The fourth-order valence-corrected chi connectivity index (χ4v) is 2.90. The van der Waals surface area contributed by atoms with E-state index in [1.807, 2.05) is 0 Å². The van der Waals surface area contributed by atoms with Gasteiger partial charge in [0.25, 0.3) is 0 Å². The zero-order valence-corrected chi connectivity index (χ0v) is 12.9. The van der Waals surface area contributed by atoms with Crippen LogP contribution in [0.2, 0.25) is 0 Å². The summed E-state index contributed by atoms with van der Waals surface area (Å²) in [5.41, 5.74) is 1.02. The Hall–Kier alpha value is -2.72. The number of halogens is 2. The van der Waals surface area contributed by atoms with Gasteiger partial charge in [-0.3, -0.25) is 4.98 Å². The van der Waals surface area contributed by atoms with Gasteiger partial charge in [0.05, 0.1) is 35.2 Å². The van der Waals surface area contributed by atoms with Crippen molar-refractivity contribution in [3.8, 4) is 5.69 Å². The number of nitrogens with zero attached hydrogens (tertiary/aromatic N) is 4. The monoisotopic (exact) mass is 351 g/mol. The van der Waals surface area contributed by atoms with Crippen molar-refractivity contribution < 1.29 is 17.2 Å². The van der Waals surface area contributed by atoms with E-state index < -0.39 is 21.7 Å². The van der Waals surface area contributed by atoms with Crippen LogP contribution in [0.15, 0.2) is 53.8 Å². The Morgan fingerprint density at radius 2 is 2.00 bits per heavy atom. The predicted molar refractivity (Wildman–Crippen MR) is 79.5 cm³/mol. The molecule has 0 unspecified atom stereocenters. The number of aromatic nitrogens is 4. The lowest BCUT2D eigenvalue weighted by Gasteiger charge is -2.05. The minimum Gasteiger partial charge on any atom is -0.262 e. The highest BCUT2D eigenvalue weighted by Crippen LogP contribution is 2.14. The second kappa shape index (κ2) is 6.42. The maximum atomic E-state index is 13.2. The maximum Gasteiger partial charge on any atom is 0.241 e. The molecule has 0 radical (unpaired) electrons. The van der Waals surface area contributed by atoms with Crippen molar-refractivity contribution in [3.63, 3.8) is 0 Å². The third-order valence-corrected chi connectivity index (χ3v) is 4.49. The fourth-order valence-electron chi connectivity index (χ4n) is 1.89. The molecule has 10 heteroatoms. The van der Waals surface area contributed by atoms with Crippen LogP contribution in [-0.4, -0.2) is 28.4 Å². The van der Waals surface area contributed by atoms with Crippen molar-refractivity contribution in [1.82, 2.24) is 24.7 Å². The minimum absolute atomic E-state index is 0.151. The lowest BCUT2D eigenvalue weighted by molar-refractivity contribution is 0.504. The second-order valence-electron chi connectivity index (χ2n) is 4.77. The fraction of sp³-hybridized carbons (Fsp3) is 0.0714. The van der Waals surface area contributed by atoms with Crippen molar-refractivity contribution in [3.05, 3.63) is 66.3 Å². The first-order valence-corrected chi connectivity index (χ1v) is 8.20. The highest BCUT2D eigenvalue weighted by molar-refractivity contribution is 7.89. The van der Waals surface area contributed by atoms with E-state index in [4.69, 9.17) is 0 Å². The van der Waals surface area contributed by atoms with E-state index in [1.165, 1.54) is 10.9 Å². The summed E-state index contributed by atoms with van der Waals surface area (Å²) in [7, 11) is -4.00. The summed E-state index contributed by atoms with van der Waals surface area (Å²) in [6, 6.07) is 5.83. The highest BCUT2D eigenvalue weighted by Gasteiger charge is 2.17. The molecule has 0 aliphatic heterocycles. The Morgan fingerprint density at radius 3 is 2.71 bits per heavy atom. The van der Waals surface area contributed by atoms with Crippen molar-refractivity contribution in [2.45, 2.75) is 11.4 Å². The lowest BCUT2D eigenvalue weighted by atomic mass is 10.3. The molecule has 0 fully saturated rings. The third-order valence-electron chi connectivity index (χ3n) is 3.10. The van der Waals surface area contributed by atoms with Gasteiger partial charge >= 0.3 is 0 Å². The van der Waals surface area contributed by atoms with Gasteiger partial charge in [-0.15, -0.1) is 5.10 Å². The number of hydrogen-bond donors (Lipinski definition) is 1. The quantitative estimate of drug-likeness (QED) is 0.751. The van der Waals surface area contributed by atoms with E-state index in [1.54, 1.807) is 24.5 Å². The average molecular weight is 351 g/mol. The summed E-state index contributed by atoms with van der Waals surface area (Å²) in [5, 5.41) is 7.71. The third kappa shape index (κ3) is 3.44. The molecule has 0 atom stereocenters. The molecule has 0 amide bonds. The Labute approximate surface area is 136 Å². The Kier molecular flexibility index (Phi) is 4.32. The molecule has 3 aromatic rings. The predicted octanol–water partition coefficient (Wildman–Crippen LogP) is 1.42. The van der Waals surface area contributed by atoms with Crippen LogP contribution in [-0.2, 0) is 16.6 Å². The van der Waals surface area contributed by atoms with Crippen LogP contribution < -0.4 is 4.72 Å². The van der Waals surface area contributed by atoms with Crippen LogP contribution in [0.25, 0.3) is 5.69 Å². The van der Waals surface area contributed by atoms with E-state index in [-0.39, 0.29) is 11.4 Å². The van der Waals surface area contributed by atoms with Gasteiger partial charge in [-0.2, -0.15) is 0 Å². The van der Waals surface area contributed by atoms with E-state index in [0.717, 1.165) is 12.1 Å². The number of pyridine rings is 1. The molecule has 0 aliphatic carbocycles. The zero-order valence-electron chi connectivity index (χ0n) is 12.1. The smallest absolute Gasteiger partial charge is 0.241 e. The van der Waals surface area contributed by atoms with Crippen LogP contribution >= 0.6 is 0 Å². The average Bonchev–Trinajstić information content (AvgIpc) is 3.05. The normalized spacial score (nSPS) is 11.6. The van der Waals surface area contributed by atoms with Gasteiger partial charge in [0.1, 0.15) is 0 Å². The molecule has 24 heavy (non-hydrogen) atoms. The van der Waals surface area contributed by atoms with Crippen LogP contribution in [0.3, 0.4) is 0 Å². The summed E-state index contributed by atoms with van der Waals surface area (Å²) >= 11 is 0. The Morgan fingerprint density at radius 1 is 1.17 bits per heavy atom. The van der Waals surface area contributed by atoms with Gasteiger partial charge in [-0.1, -0.05) is 5.21 Å². The minimum atomic E-state index is -4.00. The molecule has 2 aromatic heterocycles. The zero-order chi connectivity index (χ0) is 17.2. The first kappa shape index (κ1) is 16.1. The Bertz CT molecular complexity index is 960. The van der Waals surface area contributed by atoms with Crippen LogP contribution in [0.1, 0.15) is 5.69 Å². The topological polar surface area (TPSA) is 89.8 Å². The maximum absolute atomic E-state index is 13.2. The summed E-state index contributed by atoms with van der Waals surface area (Å²) < 4.78 is 53.9. The van der Waals surface area contributed by atoms with Crippen LogP contribution in [0.5, 0.6) is 0 Å². The van der Waals surface area contributed by atoms with Crippen molar-refractivity contribution in [2.24, 2.45) is 0 Å². The first-order valence-electron chi connectivity index (χ1n) is 6.72. The molecule has 0 bridgehead atoms. The largest absolute Gasteiger partial charge is 0.262 e. The molecule has 3 rings (SSSR count). The van der Waals surface area contributed by atoms with Crippen LogP contribution in [0, 0.1) is 11.6 Å². The number of benzene rings is 1. The molecule has 1 aromatic carbocycles. The van der Waals surface area contributed by atoms with Gasteiger partial charge in [-0.05, 0) is 30.3 Å². The molecule has 0 aliphatic rings. The van der Waals surface area contributed by atoms with E-state index in [0.29, 0.717) is 17.4 Å². The van der Waals surface area contributed by atoms with E-state index >= 15 is 0 Å². The van der Waals surface area contributed by atoms with Gasteiger partial charge in [0.2, 0.25) is 10.0 Å². The molecular formula is C14H11F2N5O2S. The molecule has 2 heterocycles. The number of rotatable bonds is 5. The van der Waals surface area contributed by atoms with E-state index in [9.17, 15) is 17.2 Å². The second-order valence-corrected chi connectivity index (χ2v) is 6.53. The van der Waals surface area contributed by atoms with Gasteiger partial charge in [0, 0.05) is 6.20 Å².